The zero-order valence-corrected chi connectivity index (χ0v) is 26.9. The van der Waals surface area contributed by atoms with Gasteiger partial charge in [0.15, 0.2) is 11.5 Å². The number of ether oxygens (including phenoxy) is 2. The lowest BCUT2D eigenvalue weighted by atomic mass is 10.1. The summed E-state index contributed by atoms with van der Waals surface area (Å²) in [4.78, 5) is 26.5. The van der Waals surface area contributed by atoms with E-state index in [4.69, 9.17) is 9.47 Å². The Bertz CT molecular complexity index is 1930. The summed E-state index contributed by atoms with van der Waals surface area (Å²) in [5.41, 5.74) is 3.24. The first-order valence-electron chi connectivity index (χ1n) is 14.9. The number of sulfonamides is 1. The molecule has 10 heteroatoms. The van der Waals surface area contributed by atoms with Gasteiger partial charge >= 0.3 is 0 Å². The fourth-order valence-electron chi connectivity index (χ4n) is 4.99. The molecule has 9 nitrogen and oxygen atoms in total. The van der Waals surface area contributed by atoms with E-state index in [1.165, 1.54) is 4.31 Å². The number of methoxy groups -OCH3 is 2. The second-order valence-electron chi connectivity index (χ2n) is 10.6. The molecule has 0 bridgehead atoms. The van der Waals surface area contributed by atoms with Gasteiger partial charge in [-0.05, 0) is 78.2 Å². The van der Waals surface area contributed by atoms with Gasteiger partial charge in [0.05, 0.1) is 42.6 Å². The molecular formula is C37H35N3O6S. The Morgan fingerprint density at radius 2 is 1.30 bits per heavy atom. The van der Waals surface area contributed by atoms with Crippen LogP contribution in [0.2, 0.25) is 0 Å². The van der Waals surface area contributed by atoms with E-state index in [1.54, 1.807) is 117 Å². The fraction of sp³-hybridized carbons (Fsp3) is 0.135. The van der Waals surface area contributed by atoms with Crippen LogP contribution in [-0.2, 0) is 23.0 Å². The molecule has 0 unspecified atom stereocenters. The molecule has 0 radical (unpaired) electrons. The van der Waals surface area contributed by atoms with Gasteiger partial charge in [-0.25, -0.2) is 8.42 Å². The molecular weight excluding hydrogens is 614 g/mol. The molecule has 240 valence electrons. The number of hydrogen-bond acceptors (Lipinski definition) is 6. The van der Waals surface area contributed by atoms with Gasteiger partial charge in [0.1, 0.15) is 0 Å². The highest BCUT2D eigenvalue weighted by Gasteiger charge is 2.25. The first-order chi connectivity index (χ1) is 22.8. The maximum absolute atomic E-state index is 13.6. The Balaban J connectivity index is 1.25. The van der Waals surface area contributed by atoms with Crippen molar-refractivity contribution in [2.45, 2.75) is 17.9 Å². The molecule has 0 heterocycles. The summed E-state index contributed by atoms with van der Waals surface area (Å²) >= 11 is 0. The van der Waals surface area contributed by atoms with Crippen LogP contribution in [0.5, 0.6) is 11.5 Å². The van der Waals surface area contributed by atoms with Crippen LogP contribution in [0.25, 0.3) is 0 Å². The minimum atomic E-state index is -3.86. The molecule has 0 fully saturated rings. The number of anilines is 2. The first-order valence-corrected chi connectivity index (χ1v) is 16.4. The summed E-state index contributed by atoms with van der Waals surface area (Å²) in [7, 11) is -0.709. The second kappa shape index (κ2) is 15.1. The van der Waals surface area contributed by atoms with Gasteiger partial charge in [-0.2, -0.15) is 0 Å². The predicted octanol–water partition coefficient (Wildman–Crippen LogP) is 6.32. The highest BCUT2D eigenvalue weighted by molar-refractivity contribution is 7.92. The van der Waals surface area contributed by atoms with E-state index in [0.29, 0.717) is 52.5 Å². The molecule has 0 spiro atoms. The number of benzene rings is 5. The zero-order chi connectivity index (χ0) is 33.2. The lowest BCUT2D eigenvalue weighted by Gasteiger charge is -2.25. The van der Waals surface area contributed by atoms with E-state index in [2.05, 4.69) is 10.6 Å². The SMILES string of the molecule is COc1ccc(CCNC(=O)c2ccccc2NC(=O)c2ccc(CN(c3ccccc3)S(=O)(=O)c3ccccc3)cc2)cc1OC. The van der Waals surface area contributed by atoms with Crippen LogP contribution in [0.3, 0.4) is 0 Å². The Morgan fingerprint density at radius 1 is 0.681 bits per heavy atom. The molecule has 2 amide bonds. The maximum Gasteiger partial charge on any atom is 0.264 e. The molecule has 47 heavy (non-hydrogen) atoms. The lowest BCUT2D eigenvalue weighted by Crippen LogP contribution is -2.30. The molecule has 0 aliphatic heterocycles. The van der Waals surface area contributed by atoms with Gasteiger partial charge in [-0.3, -0.25) is 13.9 Å². The molecule has 5 rings (SSSR count). The average molecular weight is 650 g/mol. The first kappa shape index (κ1) is 32.8. The van der Waals surface area contributed by atoms with Crippen LogP contribution < -0.4 is 24.4 Å². The summed E-state index contributed by atoms with van der Waals surface area (Å²) in [5, 5.41) is 5.75. The van der Waals surface area contributed by atoms with E-state index < -0.39 is 15.9 Å². The summed E-state index contributed by atoms with van der Waals surface area (Å²) in [6.07, 6.45) is 0.571. The van der Waals surface area contributed by atoms with Gasteiger partial charge in [-0.1, -0.05) is 66.7 Å². The third kappa shape index (κ3) is 7.98. The maximum atomic E-state index is 13.6. The largest absolute Gasteiger partial charge is 0.493 e. The van der Waals surface area contributed by atoms with E-state index in [-0.39, 0.29) is 17.3 Å². The van der Waals surface area contributed by atoms with Crippen LogP contribution >= 0.6 is 0 Å². The molecule has 5 aromatic carbocycles. The molecule has 0 atom stereocenters. The van der Waals surface area contributed by atoms with Crippen molar-refractivity contribution in [2.24, 2.45) is 0 Å². The van der Waals surface area contributed by atoms with Crippen LogP contribution in [0.4, 0.5) is 11.4 Å². The highest BCUT2D eigenvalue weighted by atomic mass is 32.2. The van der Waals surface area contributed by atoms with Crippen molar-refractivity contribution in [3.8, 4) is 11.5 Å². The van der Waals surface area contributed by atoms with Crippen molar-refractivity contribution in [2.75, 3.05) is 30.4 Å². The minimum Gasteiger partial charge on any atom is -0.493 e. The molecule has 0 aliphatic carbocycles. The molecule has 0 aliphatic rings. The second-order valence-corrected chi connectivity index (χ2v) is 12.4. The van der Waals surface area contributed by atoms with Crippen molar-refractivity contribution in [3.63, 3.8) is 0 Å². The predicted molar refractivity (Wildman–Crippen MR) is 183 cm³/mol. The fourth-order valence-corrected chi connectivity index (χ4v) is 6.47. The summed E-state index contributed by atoms with van der Waals surface area (Å²) in [6.45, 7) is 0.438. The normalized spacial score (nSPS) is 10.9. The van der Waals surface area contributed by atoms with Crippen molar-refractivity contribution in [1.82, 2.24) is 5.32 Å². The number of nitrogens with zero attached hydrogens (tertiary/aromatic N) is 1. The molecule has 0 aromatic heterocycles. The van der Waals surface area contributed by atoms with Crippen molar-refractivity contribution in [3.05, 3.63) is 150 Å². The molecule has 0 saturated heterocycles. The number of carbonyl (C=O) groups is 2. The van der Waals surface area contributed by atoms with Crippen molar-refractivity contribution >= 4 is 33.2 Å². The number of carbonyl (C=O) groups excluding carboxylic acids is 2. The Morgan fingerprint density at radius 3 is 1.98 bits per heavy atom. The summed E-state index contributed by atoms with van der Waals surface area (Å²) < 4.78 is 39.2. The molecule has 0 saturated carbocycles. The van der Waals surface area contributed by atoms with Crippen LogP contribution in [0.15, 0.2) is 132 Å². The van der Waals surface area contributed by atoms with Crippen LogP contribution in [0.1, 0.15) is 31.8 Å². The highest BCUT2D eigenvalue weighted by Crippen LogP contribution is 2.28. The number of hydrogen-bond donors (Lipinski definition) is 2. The number of rotatable bonds is 13. The van der Waals surface area contributed by atoms with E-state index >= 15 is 0 Å². The van der Waals surface area contributed by atoms with Gasteiger partial charge in [0, 0.05) is 12.1 Å². The van der Waals surface area contributed by atoms with Crippen molar-refractivity contribution < 1.29 is 27.5 Å². The van der Waals surface area contributed by atoms with E-state index in [0.717, 1.165) is 5.56 Å². The molecule has 2 N–H and O–H groups in total. The number of para-hydroxylation sites is 2. The summed E-state index contributed by atoms with van der Waals surface area (Å²) in [6, 6.07) is 36.2. The topological polar surface area (TPSA) is 114 Å². The molecule has 5 aromatic rings. The third-order valence-corrected chi connectivity index (χ3v) is 9.27. The van der Waals surface area contributed by atoms with E-state index in [9.17, 15) is 18.0 Å². The van der Waals surface area contributed by atoms with Gasteiger partial charge < -0.3 is 20.1 Å². The summed E-state index contributed by atoms with van der Waals surface area (Å²) in [5.74, 6) is 0.518. The minimum absolute atomic E-state index is 0.0649. The van der Waals surface area contributed by atoms with Gasteiger partial charge in [-0.15, -0.1) is 0 Å². The van der Waals surface area contributed by atoms with E-state index in [1.807, 2.05) is 24.3 Å². The standard InChI is InChI=1S/C37H35N3O6S/c1-45-34-22-19-27(25-35(34)46-2)23-24-38-37(42)32-15-9-10-16-33(32)39-36(41)29-20-17-28(18-21-29)26-40(30-11-5-3-6-12-30)47(43,44)31-13-7-4-8-14-31/h3-22,25H,23-24,26H2,1-2H3,(H,38,42)(H,39,41). The monoisotopic (exact) mass is 649 g/mol. The Hall–Kier alpha value is -5.61. The smallest absolute Gasteiger partial charge is 0.264 e. The lowest BCUT2D eigenvalue weighted by molar-refractivity contribution is 0.0955. The Labute approximate surface area is 274 Å². The average Bonchev–Trinajstić information content (AvgIpc) is 3.11. The quantitative estimate of drug-likeness (QED) is 0.154. The van der Waals surface area contributed by atoms with Gasteiger partial charge in [0.25, 0.3) is 21.8 Å². The number of amides is 2. The van der Waals surface area contributed by atoms with Crippen LogP contribution in [-0.4, -0.2) is 41.0 Å². The Kier molecular flexibility index (Phi) is 10.5. The van der Waals surface area contributed by atoms with Gasteiger partial charge in [0.2, 0.25) is 0 Å². The third-order valence-electron chi connectivity index (χ3n) is 7.48. The number of nitrogens with one attached hydrogen (secondary N) is 2. The van der Waals surface area contributed by atoms with Crippen molar-refractivity contribution in [1.29, 1.82) is 0 Å². The van der Waals surface area contributed by atoms with Crippen LogP contribution in [0, 0.1) is 0 Å². The zero-order valence-electron chi connectivity index (χ0n) is 26.1.